The molecule has 27 heavy (non-hydrogen) atoms. The van der Waals surface area contributed by atoms with Crippen LogP contribution in [0, 0.1) is 5.92 Å². The summed E-state index contributed by atoms with van der Waals surface area (Å²) in [6.45, 7) is 9.07. The molecule has 0 atom stereocenters. The predicted octanol–water partition coefficient (Wildman–Crippen LogP) is 2.74. The van der Waals surface area contributed by atoms with Gasteiger partial charge in [0.2, 0.25) is 0 Å². The second-order valence-electron chi connectivity index (χ2n) is 8.90. The number of piperidine rings is 1. The molecule has 2 aliphatic rings. The summed E-state index contributed by atoms with van der Waals surface area (Å²) in [7, 11) is 0. The minimum atomic E-state index is -0.0494. The summed E-state index contributed by atoms with van der Waals surface area (Å²) in [4.78, 5) is 23.7. The van der Waals surface area contributed by atoms with Crippen molar-refractivity contribution >= 4 is 5.82 Å². The first-order valence-corrected chi connectivity index (χ1v) is 10.1. The Bertz CT molecular complexity index is 875. The molecule has 1 fully saturated rings. The smallest absolute Gasteiger partial charge is 0.266 e. The SMILES string of the molecule is CC(C)(C)c1ccc(=O)n(CC2CCN(c3ncnc4c3CCC4)CC2)n1. The minimum absolute atomic E-state index is 0.000880. The Balaban J connectivity index is 1.44. The molecule has 3 heterocycles. The molecule has 144 valence electrons. The number of aryl methyl sites for hydroxylation is 1. The van der Waals surface area contributed by atoms with Crippen LogP contribution in [0.4, 0.5) is 5.82 Å². The molecule has 0 spiro atoms. The van der Waals surface area contributed by atoms with Crippen LogP contribution in [0.5, 0.6) is 0 Å². The van der Waals surface area contributed by atoms with Crippen LogP contribution in [0.2, 0.25) is 0 Å². The molecule has 6 nitrogen and oxygen atoms in total. The molecule has 0 aromatic carbocycles. The van der Waals surface area contributed by atoms with Gasteiger partial charge in [0.25, 0.3) is 5.56 Å². The van der Waals surface area contributed by atoms with Crippen molar-refractivity contribution in [3.63, 3.8) is 0 Å². The van der Waals surface area contributed by atoms with Gasteiger partial charge in [-0.3, -0.25) is 4.79 Å². The average Bonchev–Trinajstić information content (AvgIpc) is 3.12. The Morgan fingerprint density at radius 1 is 1.11 bits per heavy atom. The fourth-order valence-electron chi connectivity index (χ4n) is 4.17. The topological polar surface area (TPSA) is 63.9 Å². The van der Waals surface area contributed by atoms with Gasteiger partial charge in [-0.05, 0) is 44.1 Å². The number of anilines is 1. The summed E-state index contributed by atoms with van der Waals surface area (Å²) in [5, 5.41) is 4.63. The van der Waals surface area contributed by atoms with Crippen LogP contribution in [0.25, 0.3) is 0 Å². The van der Waals surface area contributed by atoms with E-state index in [2.05, 4.69) is 40.7 Å². The molecule has 0 saturated carbocycles. The normalized spacial score (nSPS) is 18.0. The largest absolute Gasteiger partial charge is 0.356 e. The van der Waals surface area contributed by atoms with E-state index in [1.807, 2.05) is 6.07 Å². The highest BCUT2D eigenvalue weighted by atomic mass is 16.1. The van der Waals surface area contributed by atoms with Crippen molar-refractivity contribution in [1.82, 2.24) is 19.7 Å². The van der Waals surface area contributed by atoms with Crippen molar-refractivity contribution in [3.05, 3.63) is 45.8 Å². The Kier molecular flexibility index (Phi) is 4.74. The fourth-order valence-corrected chi connectivity index (χ4v) is 4.17. The van der Waals surface area contributed by atoms with E-state index in [9.17, 15) is 4.79 Å². The van der Waals surface area contributed by atoms with Gasteiger partial charge in [0.15, 0.2) is 0 Å². The zero-order chi connectivity index (χ0) is 19.0. The number of hydrogen-bond donors (Lipinski definition) is 0. The third-order valence-corrected chi connectivity index (χ3v) is 5.83. The molecule has 2 aromatic rings. The van der Waals surface area contributed by atoms with Crippen molar-refractivity contribution in [2.75, 3.05) is 18.0 Å². The standard InChI is InChI=1S/C21H29N5O/c1-21(2,3)18-7-8-19(27)26(24-18)13-15-9-11-25(12-10-15)20-16-5-4-6-17(16)22-14-23-20/h7-8,14-15H,4-6,9-13H2,1-3H3. The zero-order valence-corrected chi connectivity index (χ0v) is 16.6. The molecule has 2 aromatic heterocycles. The van der Waals surface area contributed by atoms with E-state index in [4.69, 9.17) is 0 Å². The first-order chi connectivity index (χ1) is 12.9. The summed E-state index contributed by atoms with van der Waals surface area (Å²) >= 11 is 0. The van der Waals surface area contributed by atoms with Crippen molar-refractivity contribution in [1.29, 1.82) is 0 Å². The molecular formula is C21H29N5O. The van der Waals surface area contributed by atoms with Gasteiger partial charge < -0.3 is 4.90 Å². The Morgan fingerprint density at radius 2 is 1.89 bits per heavy atom. The van der Waals surface area contributed by atoms with Gasteiger partial charge in [0, 0.05) is 42.4 Å². The van der Waals surface area contributed by atoms with E-state index in [0.29, 0.717) is 12.5 Å². The highest BCUT2D eigenvalue weighted by Gasteiger charge is 2.26. The summed E-state index contributed by atoms with van der Waals surface area (Å²) in [5.41, 5.74) is 3.50. The summed E-state index contributed by atoms with van der Waals surface area (Å²) in [6, 6.07) is 3.52. The second kappa shape index (κ2) is 7.06. The Morgan fingerprint density at radius 3 is 2.63 bits per heavy atom. The fraction of sp³-hybridized carbons (Fsp3) is 0.619. The molecule has 4 rings (SSSR count). The van der Waals surface area contributed by atoms with Crippen LogP contribution < -0.4 is 10.5 Å². The molecule has 1 aliphatic carbocycles. The van der Waals surface area contributed by atoms with Crippen molar-refractivity contribution in [2.45, 2.75) is 64.8 Å². The Labute approximate surface area is 160 Å². The van der Waals surface area contributed by atoms with Gasteiger partial charge in [-0.1, -0.05) is 20.8 Å². The van der Waals surface area contributed by atoms with Gasteiger partial charge in [-0.2, -0.15) is 5.10 Å². The number of aromatic nitrogens is 4. The first kappa shape index (κ1) is 18.1. The lowest BCUT2D eigenvalue weighted by atomic mass is 9.92. The molecule has 0 radical (unpaired) electrons. The van der Waals surface area contributed by atoms with Crippen LogP contribution >= 0.6 is 0 Å². The van der Waals surface area contributed by atoms with Crippen LogP contribution in [0.1, 0.15) is 57.0 Å². The molecule has 1 aliphatic heterocycles. The van der Waals surface area contributed by atoms with Crippen LogP contribution in [0.3, 0.4) is 0 Å². The highest BCUT2D eigenvalue weighted by molar-refractivity contribution is 5.50. The van der Waals surface area contributed by atoms with Crippen molar-refractivity contribution in [3.8, 4) is 0 Å². The maximum absolute atomic E-state index is 12.3. The zero-order valence-electron chi connectivity index (χ0n) is 16.6. The predicted molar refractivity (Wildman–Crippen MR) is 106 cm³/mol. The van der Waals surface area contributed by atoms with Gasteiger partial charge >= 0.3 is 0 Å². The highest BCUT2D eigenvalue weighted by Crippen LogP contribution is 2.30. The third kappa shape index (κ3) is 3.75. The monoisotopic (exact) mass is 367 g/mol. The Hall–Kier alpha value is -2.24. The number of hydrogen-bond acceptors (Lipinski definition) is 5. The van der Waals surface area contributed by atoms with Gasteiger partial charge in [-0.15, -0.1) is 0 Å². The van der Waals surface area contributed by atoms with Gasteiger partial charge in [0.05, 0.1) is 5.69 Å². The first-order valence-electron chi connectivity index (χ1n) is 10.1. The van der Waals surface area contributed by atoms with Crippen LogP contribution in [-0.2, 0) is 24.8 Å². The number of rotatable bonds is 3. The van der Waals surface area contributed by atoms with Crippen LogP contribution in [-0.4, -0.2) is 32.8 Å². The molecule has 0 N–H and O–H groups in total. The lowest BCUT2D eigenvalue weighted by Gasteiger charge is -2.33. The van der Waals surface area contributed by atoms with E-state index in [0.717, 1.165) is 50.3 Å². The lowest BCUT2D eigenvalue weighted by molar-refractivity contribution is 0.329. The number of nitrogens with zero attached hydrogens (tertiary/aromatic N) is 5. The summed E-state index contributed by atoms with van der Waals surface area (Å²) in [5.74, 6) is 1.62. The molecular weight excluding hydrogens is 338 g/mol. The third-order valence-electron chi connectivity index (χ3n) is 5.83. The van der Waals surface area contributed by atoms with E-state index < -0.39 is 0 Å². The van der Waals surface area contributed by atoms with E-state index in [1.165, 1.54) is 17.7 Å². The van der Waals surface area contributed by atoms with Crippen molar-refractivity contribution in [2.24, 2.45) is 5.92 Å². The number of fused-ring (bicyclic) bond motifs is 1. The van der Waals surface area contributed by atoms with Gasteiger partial charge in [-0.25, -0.2) is 14.6 Å². The van der Waals surface area contributed by atoms with E-state index in [-0.39, 0.29) is 11.0 Å². The quantitative estimate of drug-likeness (QED) is 0.835. The maximum atomic E-state index is 12.3. The van der Waals surface area contributed by atoms with E-state index in [1.54, 1.807) is 17.1 Å². The second-order valence-corrected chi connectivity index (χ2v) is 8.90. The average molecular weight is 367 g/mol. The molecule has 0 bridgehead atoms. The maximum Gasteiger partial charge on any atom is 0.266 e. The van der Waals surface area contributed by atoms with E-state index >= 15 is 0 Å². The summed E-state index contributed by atoms with van der Waals surface area (Å²) in [6.07, 6.45) is 7.22. The minimum Gasteiger partial charge on any atom is -0.356 e. The lowest BCUT2D eigenvalue weighted by Crippen LogP contribution is -2.38. The molecule has 0 amide bonds. The summed E-state index contributed by atoms with van der Waals surface area (Å²) < 4.78 is 1.67. The molecule has 6 heteroatoms. The van der Waals surface area contributed by atoms with Crippen molar-refractivity contribution < 1.29 is 0 Å². The van der Waals surface area contributed by atoms with Gasteiger partial charge in [0.1, 0.15) is 12.1 Å². The van der Waals surface area contributed by atoms with Crippen LogP contribution in [0.15, 0.2) is 23.3 Å². The molecule has 0 unspecified atom stereocenters. The molecule has 1 saturated heterocycles.